The molecule has 0 spiro atoms. The standard InChI is InChI=1S/C18H25N3O4/c1-12(2)16(18(24)20-21-11-5-4-6-15(21)22)19-17(23)13-7-9-14(25-3)10-8-13/h7-10,12,16H,4-6,11H2,1-3H3,(H,19,23)(H,20,24). The first-order valence-electron chi connectivity index (χ1n) is 8.48. The highest BCUT2D eigenvalue weighted by Crippen LogP contribution is 2.13. The molecule has 1 aromatic rings. The van der Waals surface area contributed by atoms with Crippen molar-refractivity contribution in [1.82, 2.24) is 15.8 Å². The number of ether oxygens (including phenoxy) is 1. The monoisotopic (exact) mass is 347 g/mol. The van der Waals surface area contributed by atoms with Crippen molar-refractivity contribution in [3.8, 4) is 5.75 Å². The van der Waals surface area contributed by atoms with Crippen molar-refractivity contribution in [2.75, 3.05) is 13.7 Å². The number of hydrogen-bond donors (Lipinski definition) is 2. The summed E-state index contributed by atoms with van der Waals surface area (Å²) in [5.41, 5.74) is 3.07. The van der Waals surface area contributed by atoms with E-state index in [4.69, 9.17) is 4.74 Å². The maximum Gasteiger partial charge on any atom is 0.261 e. The number of rotatable bonds is 6. The zero-order chi connectivity index (χ0) is 18.4. The van der Waals surface area contributed by atoms with E-state index in [0.29, 0.717) is 24.3 Å². The average Bonchev–Trinajstić information content (AvgIpc) is 2.61. The van der Waals surface area contributed by atoms with Gasteiger partial charge in [-0.25, -0.2) is 0 Å². The van der Waals surface area contributed by atoms with Crippen LogP contribution in [0.4, 0.5) is 0 Å². The lowest BCUT2D eigenvalue weighted by Crippen LogP contribution is -2.56. The Labute approximate surface area is 147 Å². The van der Waals surface area contributed by atoms with Crippen molar-refractivity contribution < 1.29 is 19.1 Å². The van der Waals surface area contributed by atoms with E-state index in [9.17, 15) is 14.4 Å². The van der Waals surface area contributed by atoms with E-state index in [-0.39, 0.29) is 23.6 Å². The zero-order valence-corrected chi connectivity index (χ0v) is 14.9. The molecule has 0 aliphatic carbocycles. The summed E-state index contributed by atoms with van der Waals surface area (Å²) in [6, 6.07) is 5.91. The minimum absolute atomic E-state index is 0.0939. The molecule has 2 rings (SSSR count). The molecule has 0 bridgehead atoms. The maximum atomic E-state index is 12.5. The summed E-state index contributed by atoms with van der Waals surface area (Å²) in [7, 11) is 1.55. The van der Waals surface area contributed by atoms with Crippen LogP contribution in [0.1, 0.15) is 43.5 Å². The smallest absolute Gasteiger partial charge is 0.261 e. The van der Waals surface area contributed by atoms with Gasteiger partial charge in [0.15, 0.2) is 0 Å². The van der Waals surface area contributed by atoms with Crippen LogP contribution in [0.3, 0.4) is 0 Å². The van der Waals surface area contributed by atoms with Gasteiger partial charge in [-0.15, -0.1) is 0 Å². The number of nitrogens with one attached hydrogen (secondary N) is 2. The van der Waals surface area contributed by atoms with Gasteiger partial charge in [0.2, 0.25) is 5.91 Å². The zero-order valence-electron chi connectivity index (χ0n) is 14.9. The molecule has 1 fully saturated rings. The largest absolute Gasteiger partial charge is 0.497 e. The molecule has 0 aromatic heterocycles. The molecule has 1 aromatic carbocycles. The van der Waals surface area contributed by atoms with Crippen LogP contribution in [0.15, 0.2) is 24.3 Å². The van der Waals surface area contributed by atoms with E-state index in [1.165, 1.54) is 5.01 Å². The molecule has 7 nitrogen and oxygen atoms in total. The summed E-state index contributed by atoms with van der Waals surface area (Å²) < 4.78 is 5.07. The quantitative estimate of drug-likeness (QED) is 0.816. The highest BCUT2D eigenvalue weighted by atomic mass is 16.5. The molecular weight excluding hydrogens is 322 g/mol. The third-order valence-electron chi connectivity index (χ3n) is 4.16. The molecule has 3 amide bonds. The summed E-state index contributed by atoms with van der Waals surface area (Å²) in [4.78, 5) is 36.8. The number of nitrogens with zero attached hydrogens (tertiary/aromatic N) is 1. The molecule has 2 N–H and O–H groups in total. The third-order valence-corrected chi connectivity index (χ3v) is 4.16. The summed E-state index contributed by atoms with van der Waals surface area (Å²) in [6.07, 6.45) is 2.13. The van der Waals surface area contributed by atoms with Gasteiger partial charge in [-0.05, 0) is 43.0 Å². The van der Waals surface area contributed by atoms with Crippen LogP contribution in [0, 0.1) is 5.92 Å². The molecule has 1 heterocycles. The number of carbonyl (C=O) groups is 3. The molecule has 7 heteroatoms. The molecule has 1 unspecified atom stereocenters. The average molecular weight is 347 g/mol. The summed E-state index contributed by atoms with van der Waals surface area (Å²) >= 11 is 0. The number of benzene rings is 1. The fourth-order valence-corrected chi connectivity index (χ4v) is 2.63. The maximum absolute atomic E-state index is 12.5. The second kappa shape index (κ2) is 8.50. The molecule has 1 aliphatic heterocycles. The fraction of sp³-hybridized carbons (Fsp3) is 0.500. The molecule has 136 valence electrons. The van der Waals surface area contributed by atoms with E-state index in [1.54, 1.807) is 31.4 Å². The Kier molecular flexibility index (Phi) is 6.38. The molecule has 0 radical (unpaired) electrons. The first kappa shape index (κ1) is 18.8. The second-order valence-corrected chi connectivity index (χ2v) is 6.40. The Hall–Kier alpha value is -2.57. The molecule has 1 atom stereocenters. The molecule has 0 saturated carbocycles. The van der Waals surface area contributed by atoms with Crippen LogP contribution in [0.2, 0.25) is 0 Å². The Morgan fingerprint density at radius 2 is 1.84 bits per heavy atom. The van der Waals surface area contributed by atoms with Gasteiger partial charge in [0.1, 0.15) is 11.8 Å². The SMILES string of the molecule is COc1ccc(C(=O)NC(C(=O)NN2CCCCC2=O)C(C)C)cc1. The van der Waals surface area contributed by atoms with Crippen LogP contribution in [0.25, 0.3) is 0 Å². The van der Waals surface area contributed by atoms with Gasteiger partial charge in [0.25, 0.3) is 11.8 Å². The predicted molar refractivity (Wildman–Crippen MR) is 92.8 cm³/mol. The molecule has 1 aliphatic rings. The van der Waals surface area contributed by atoms with Crippen molar-refractivity contribution in [1.29, 1.82) is 0 Å². The van der Waals surface area contributed by atoms with Crippen LogP contribution < -0.4 is 15.5 Å². The Balaban J connectivity index is 2.02. The lowest BCUT2D eigenvalue weighted by molar-refractivity contribution is -0.144. The van der Waals surface area contributed by atoms with Gasteiger partial charge in [-0.2, -0.15) is 0 Å². The molecule has 25 heavy (non-hydrogen) atoms. The number of hydrogen-bond acceptors (Lipinski definition) is 4. The Bertz CT molecular complexity index is 628. The minimum Gasteiger partial charge on any atom is -0.497 e. The first-order valence-corrected chi connectivity index (χ1v) is 8.48. The lowest BCUT2D eigenvalue weighted by atomic mass is 10.0. The Morgan fingerprint density at radius 1 is 1.16 bits per heavy atom. The minimum atomic E-state index is -0.732. The van der Waals surface area contributed by atoms with Crippen molar-refractivity contribution in [3.63, 3.8) is 0 Å². The van der Waals surface area contributed by atoms with Gasteiger partial charge in [0.05, 0.1) is 7.11 Å². The van der Waals surface area contributed by atoms with E-state index >= 15 is 0 Å². The topological polar surface area (TPSA) is 87.7 Å². The number of carbonyl (C=O) groups excluding carboxylic acids is 3. The van der Waals surface area contributed by atoms with E-state index in [2.05, 4.69) is 10.7 Å². The van der Waals surface area contributed by atoms with Gasteiger partial charge < -0.3 is 10.1 Å². The normalized spacial score (nSPS) is 15.7. The van der Waals surface area contributed by atoms with Gasteiger partial charge >= 0.3 is 0 Å². The summed E-state index contributed by atoms with van der Waals surface area (Å²) in [5.74, 6) is -0.294. The Morgan fingerprint density at radius 3 is 2.40 bits per heavy atom. The number of hydrazine groups is 1. The fourth-order valence-electron chi connectivity index (χ4n) is 2.63. The highest BCUT2D eigenvalue weighted by molar-refractivity contribution is 5.98. The van der Waals surface area contributed by atoms with Crippen molar-refractivity contribution in [3.05, 3.63) is 29.8 Å². The van der Waals surface area contributed by atoms with E-state index < -0.39 is 6.04 Å². The van der Waals surface area contributed by atoms with Crippen molar-refractivity contribution in [2.24, 2.45) is 5.92 Å². The predicted octanol–water partition coefficient (Wildman–Crippen LogP) is 1.49. The van der Waals surface area contributed by atoms with Crippen LogP contribution in [-0.2, 0) is 9.59 Å². The van der Waals surface area contributed by atoms with Crippen LogP contribution in [-0.4, -0.2) is 42.4 Å². The highest BCUT2D eigenvalue weighted by Gasteiger charge is 2.28. The summed E-state index contributed by atoms with van der Waals surface area (Å²) in [5, 5.41) is 4.09. The molecule has 1 saturated heterocycles. The van der Waals surface area contributed by atoms with Crippen LogP contribution >= 0.6 is 0 Å². The van der Waals surface area contributed by atoms with E-state index in [1.807, 2.05) is 13.8 Å². The van der Waals surface area contributed by atoms with Gasteiger partial charge in [0, 0.05) is 18.5 Å². The van der Waals surface area contributed by atoms with Crippen molar-refractivity contribution >= 4 is 17.7 Å². The van der Waals surface area contributed by atoms with Crippen molar-refractivity contribution in [2.45, 2.75) is 39.2 Å². The number of piperidine rings is 1. The second-order valence-electron chi connectivity index (χ2n) is 6.40. The van der Waals surface area contributed by atoms with Gasteiger partial charge in [-0.1, -0.05) is 13.8 Å². The van der Waals surface area contributed by atoms with E-state index in [0.717, 1.165) is 12.8 Å². The number of methoxy groups -OCH3 is 1. The number of amides is 3. The lowest BCUT2D eigenvalue weighted by Gasteiger charge is -2.30. The molecular formula is C18H25N3O4. The first-order chi connectivity index (χ1) is 11.9. The van der Waals surface area contributed by atoms with Crippen LogP contribution in [0.5, 0.6) is 5.75 Å². The van der Waals surface area contributed by atoms with Gasteiger partial charge in [-0.3, -0.25) is 24.8 Å². The third kappa shape index (κ3) is 4.95. The summed E-state index contributed by atoms with van der Waals surface area (Å²) in [6.45, 7) is 4.19.